The molecule has 1 rings (SSSR count). The highest BCUT2D eigenvalue weighted by molar-refractivity contribution is 8.01. The smallest absolute Gasteiger partial charge is 0.0431 e. The Morgan fingerprint density at radius 2 is 2.17 bits per heavy atom. The zero-order chi connectivity index (χ0) is 8.97. The molecule has 72 valence electrons. The second-order valence-corrected chi connectivity index (χ2v) is 5.32. The van der Waals surface area contributed by atoms with E-state index in [0.717, 1.165) is 23.5 Å². The molecule has 2 atom stereocenters. The van der Waals surface area contributed by atoms with Crippen molar-refractivity contribution >= 4 is 11.8 Å². The zero-order valence-electron chi connectivity index (χ0n) is 8.12. The molecule has 0 aromatic rings. The van der Waals surface area contributed by atoms with E-state index in [1.165, 1.54) is 18.6 Å². The van der Waals surface area contributed by atoms with Crippen molar-refractivity contribution in [2.24, 2.45) is 11.8 Å². The summed E-state index contributed by atoms with van der Waals surface area (Å²) in [7, 11) is 0. The molecule has 0 saturated carbocycles. The molecule has 2 unspecified atom stereocenters. The van der Waals surface area contributed by atoms with Crippen LogP contribution in [0.5, 0.6) is 0 Å². The van der Waals surface area contributed by atoms with E-state index in [4.69, 9.17) is 5.11 Å². The summed E-state index contributed by atoms with van der Waals surface area (Å²) in [5.41, 5.74) is 0. The van der Waals surface area contributed by atoms with Crippen LogP contribution in [-0.2, 0) is 0 Å². The number of hydrogen-bond donors (Lipinski definition) is 1. The van der Waals surface area contributed by atoms with E-state index in [9.17, 15) is 0 Å². The fourth-order valence-electron chi connectivity index (χ4n) is 1.87. The minimum absolute atomic E-state index is 0.362. The third kappa shape index (κ3) is 2.67. The van der Waals surface area contributed by atoms with Crippen molar-refractivity contribution in [2.45, 2.75) is 38.4 Å². The lowest BCUT2D eigenvalue weighted by atomic mass is 9.86. The van der Waals surface area contributed by atoms with E-state index in [1.807, 2.05) is 0 Å². The summed E-state index contributed by atoms with van der Waals surface area (Å²) >= 11 is 2.11. The van der Waals surface area contributed by atoms with Gasteiger partial charge in [0.2, 0.25) is 0 Å². The summed E-state index contributed by atoms with van der Waals surface area (Å²) in [5, 5.41) is 9.66. The van der Waals surface area contributed by atoms with Crippen LogP contribution in [0.1, 0.15) is 33.1 Å². The van der Waals surface area contributed by atoms with E-state index in [2.05, 4.69) is 25.6 Å². The van der Waals surface area contributed by atoms with Gasteiger partial charge in [-0.25, -0.2) is 0 Å². The Morgan fingerprint density at radius 3 is 2.50 bits per heavy atom. The normalized spacial score (nSPS) is 25.5. The molecule has 0 bridgehead atoms. The molecule has 1 aliphatic heterocycles. The molecule has 0 spiro atoms. The van der Waals surface area contributed by atoms with Crippen molar-refractivity contribution < 1.29 is 5.11 Å². The van der Waals surface area contributed by atoms with Crippen LogP contribution < -0.4 is 0 Å². The van der Waals surface area contributed by atoms with Crippen LogP contribution in [0.25, 0.3) is 0 Å². The summed E-state index contributed by atoms with van der Waals surface area (Å²) in [4.78, 5) is 0. The minimum Gasteiger partial charge on any atom is -0.396 e. The molecular formula is C10H20OS. The van der Waals surface area contributed by atoms with Crippen molar-refractivity contribution in [2.75, 3.05) is 12.4 Å². The molecule has 1 fully saturated rings. The molecule has 1 N–H and O–H groups in total. The minimum atomic E-state index is 0.362. The van der Waals surface area contributed by atoms with E-state index < -0.39 is 0 Å². The van der Waals surface area contributed by atoms with Crippen molar-refractivity contribution in [1.29, 1.82) is 0 Å². The van der Waals surface area contributed by atoms with Gasteiger partial charge < -0.3 is 5.11 Å². The Labute approximate surface area is 79.9 Å². The van der Waals surface area contributed by atoms with Gasteiger partial charge in [-0.2, -0.15) is 11.8 Å². The van der Waals surface area contributed by atoms with Crippen molar-refractivity contribution in [3.63, 3.8) is 0 Å². The first-order chi connectivity index (χ1) is 5.75. The van der Waals surface area contributed by atoms with Crippen LogP contribution in [0, 0.1) is 11.8 Å². The molecule has 0 aliphatic carbocycles. The quantitative estimate of drug-likeness (QED) is 0.715. The van der Waals surface area contributed by atoms with Crippen LogP contribution in [0.4, 0.5) is 0 Å². The van der Waals surface area contributed by atoms with Crippen LogP contribution >= 0.6 is 11.8 Å². The lowest BCUT2D eigenvalue weighted by Crippen LogP contribution is -2.29. The van der Waals surface area contributed by atoms with E-state index in [0.29, 0.717) is 6.61 Å². The van der Waals surface area contributed by atoms with Gasteiger partial charge in [0.1, 0.15) is 0 Å². The third-order valence-electron chi connectivity index (χ3n) is 2.76. The van der Waals surface area contributed by atoms with Crippen molar-refractivity contribution in [3.05, 3.63) is 0 Å². The van der Waals surface area contributed by atoms with Crippen LogP contribution in [0.2, 0.25) is 0 Å². The van der Waals surface area contributed by atoms with Crippen molar-refractivity contribution in [1.82, 2.24) is 0 Å². The summed E-state index contributed by atoms with van der Waals surface area (Å²) in [6, 6.07) is 0. The molecule has 0 aromatic carbocycles. The Bertz CT molecular complexity index is 121. The van der Waals surface area contributed by atoms with E-state index >= 15 is 0 Å². The van der Waals surface area contributed by atoms with E-state index in [1.54, 1.807) is 0 Å². The maximum Gasteiger partial charge on any atom is 0.0431 e. The highest BCUT2D eigenvalue weighted by Gasteiger charge is 2.29. The maximum atomic E-state index is 8.76. The Balaban J connectivity index is 2.27. The van der Waals surface area contributed by atoms with Gasteiger partial charge in [-0.05, 0) is 36.9 Å². The number of aliphatic hydroxyl groups excluding tert-OH is 1. The van der Waals surface area contributed by atoms with Gasteiger partial charge in [0, 0.05) is 11.9 Å². The van der Waals surface area contributed by atoms with Gasteiger partial charge in [0.15, 0.2) is 0 Å². The second-order valence-electron chi connectivity index (χ2n) is 3.97. The Kier molecular flexibility index (Phi) is 4.44. The predicted molar refractivity (Wildman–Crippen MR) is 55.5 cm³/mol. The first-order valence-electron chi connectivity index (χ1n) is 4.98. The fraction of sp³-hybridized carbons (Fsp3) is 1.00. The number of rotatable bonds is 5. The van der Waals surface area contributed by atoms with Gasteiger partial charge in [-0.1, -0.05) is 13.8 Å². The van der Waals surface area contributed by atoms with Crippen LogP contribution in [-0.4, -0.2) is 22.7 Å². The Morgan fingerprint density at radius 1 is 1.50 bits per heavy atom. The second kappa shape index (κ2) is 5.13. The van der Waals surface area contributed by atoms with Gasteiger partial charge in [0.25, 0.3) is 0 Å². The molecule has 1 saturated heterocycles. The molecule has 12 heavy (non-hydrogen) atoms. The molecule has 0 radical (unpaired) electrons. The van der Waals surface area contributed by atoms with Gasteiger partial charge in [0.05, 0.1) is 0 Å². The summed E-state index contributed by atoms with van der Waals surface area (Å²) in [6.45, 7) is 4.97. The van der Waals surface area contributed by atoms with Gasteiger partial charge >= 0.3 is 0 Å². The first-order valence-corrected chi connectivity index (χ1v) is 6.03. The summed E-state index contributed by atoms with van der Waals surface area (Å²) in [6.07, 6.45) is 3.60. The first kappa shape index (κ1) is 10.4. The van der Waals surface area contributed by atoms with Crippen LogP contribution in [0.15, 0.2) is 0 Å². The van der Waals surface area contributed by atoms with Gasteiger partial charge in [-0.3, -0.25) is 0 Å². The molecule has 0 amide bonds. The lowest BCUT2D eigenvalue weighted by Gasteiger charge is -2.35. The van der Waals surface area contributed by atoms with Crippen molar-refractivity contribution in [3.8, 4) is 0 Å². The SMILES string of the molecule is CC(C)C(CCCO)C1CCS1. The number of thioether (sulfide) groups is 1. The summed E-state index contributed by atoms with van der Waals surface area (Å²) < 4.78 is 0. The summed E-state index contributed by atoms with van der Waals surface area (Å²) in [5.74, 6) is 2.98. The molecule has 1 heterocycles. The molecular weight excluding hydrogens is 168 g/mol. The standard InChI is InChI=1S/C10H20OS/c1-8(2)9(4-3-6-11)10-5-7-12-10/h8-11H,3-7H2,1-2H3. The molecule has 0 aromatic heterocycles. The molecule has 1 nitrogen and oxygen atoms in total. The average molecular weight is 188 g/mol. The van der Waals surface area contributed by atoms with Gasteiger partial charge in [-0.15, -0.1) is 0 Å². The third-order valence-corrected chi connectivity index (χ3v) is 4.25. The average Bonchev–Trinajstić information content (AvgIpc) is 1.93. The fourth-order valence-corrected chi connectivity index (χ4v) is 3.07. The van der Waals surface area contributed by atoms with Crippen LogP contribution in [0.3, 0.4) is 0 Å². The maximum absolute atomic E-state index is 8.76. The topological polar surface area (TPSA) is 20.2 Å². The predicted octanol–water partition coefficient (Wildman–Crippen LogP) is 2.54. The largest absolute Gasteiger partial charge is 0.396 e. The molecule has 2 heteroatoms. The van der Waals surface area contributed by atoms with E-state index in [-0.39, 0.29) is 0 Å². The number of hydrogen-bond acceptors (Lipinski definition) is 2. The number of aliphatic hydroxyl groups is 1. The highest BCUT2D eigenvalue weighted by atomic mass is 32.2. The lowest BCUT2D eigenvalue weighted by molar-refractivity contribution is 0.250. The monoisotopic (exact) mass is 188 g/mol. The highest BCUT2D eigenvalue weighted by Crippen LogP contribution is 2.39. The molecule has 1 aliphatic rings. The Hall–Kier alpha value is 0.310. The zero-order valence-corrected chi connectivity index (χ0v) is 8.94.